The number of ketones is 1. The second-order valence-electron chi connectivity index (χ2n) is 3.45. The Hall–Kier alpha value is -2.02. The van der Waals surface area contributed by atoms with E-state index in [1.165, 1.54) is 29.3 Å². The molecule has 2 aromatic heterocycles. The summed E-state index contributed by atoms with van der Waals surface area (Å²) in [5, 5.41) is 7.83. The molecule has 0 aromatic carbocycles. The van der Waals surface area contributed by atoms with Crippen molar-refractivity contribution < 1.29 is 9.59 Å². The van der Waals surface area contributed by atoms with Gasteiger partial charge in [0.1, 0.15) is 0 Å². The van der Waals surface area contributed by atoms with Crippen molar-refractivity contribution in [2.24, 2.45) is 5.73 Å². The highest BCUT2D eigenvalue weighted by Crippen LogP contribution is 2.17. The van der Waals surface area contributed by atoms with Crippen LogP contribution in [0.3, 0.4) is 0 Å². The van der Waals surface area contributed by atoms with Crippen LogP contribution >= 0.6 is 11.3 Å². The van der Waals surface area contributed by atoms with Gasteiger partial charge in [-0.3, -0.25) is 9.59 Å². The van der Waals surface area contributed by atoms with Gasteiger partial charge >= 0.3 is 0 Å². The predicted molar refractivity (Wildman–Crippen MR) is 62.0 cm³/mol. The van der Waals surface area contributed by atoms with E-state index in [0.29, 0.717) is 11.4 Å². The number of hydrogen-bond acceptors (Lipinski definition) is 5. The van der Waals surface area contributed by atoms with Crippen LogP contribution in [-0.4, -0.2) is 26.7 Å². The number of thiophene rings is 1. The Morgan fingerprint density at radius 1 is 1.47 bits per heavy atom. The van der Waals surface area contributed by atoms with Crippen LogP contribution < -0.4 is 5.73 Å². The number of carbonyl (C=O) groups excluding carboxylic acids is 2. The molecule has 0 saturated heterocycles. The topological polar surface area (TPSA) is 90.9 Å². The maximum atomic E-state index is 11.1. The Balaban J connectivity index is 2.13. The SMILES string of the molecule is CC(=O)c1ccc(Cn2ncc(C(N)=O)n2)s1. The summed E-state index contributed by atoms with van der Waals surface area (Å²) in [6.07, 6.45) is 1.32. The summed E-state index contributed by atoms with van der Waals surface area (Å²) >= 11 is 1.39. The standard InChI is InChI=1S/C10H10N4O2S/c1-6(15)9-3-2-7(17-9)5-14-12-4-8(13-14)10(11)16/h2-4H,5H2,1H3,(H2,11,16). The number of aromatic nitrogens is 3. The summed E-state index contributed by atoms with van der Waals surface area (Å²) in [6.45, 7) is 1.94. The van der Waals surface area contributed by atoms with E-state index in [2.05, 4.69) is 10.2 Å². The Morgan fingerprint density at radius 3 is 2.76 bits per heavy atom. The number of carbonyl (C=O) groups is 2. The zero-order chi connectivity index (χ0) is 12.4. The number of Topliss-reactive ketones (excluding diaryl/α,β-unsaturated/α-hetero) is 1. The van der Waals surface area contributed by atoms with Gasteiger partial charge in [-0.1, -0.05) is 0 Å². The van der Waals surface area contributed by atoms with Gasteiger partial charge in [0.25, 0.3) is 5.91 Å². The van der Waals surface area contributed by atoms with Crippen LogP contribution in [0, 0.1) is 0 Å². The predicted octanol–water partition coefficient (Wildman–Crippen LogP) is 0.689. The van der Waals surface area contributed by atoms with Crippen molar-refractivity contribution in [3.8, 4) is 0 Å². The minimum Gasteiger partial charge on any atom is -0.364 e. The molecule has 0 bridgehead atoms. The minimum atomic E-state index is -0.605. The third-order valence-electron chi connectivity index (χ3n) is 2.09. The fourth-order valence-electron chi connectivity index (χ4n) is 1.28. The quantitative estimate of drug-likeness (QED) is 0.808. The van der Waals surface area contributed by atoms with Crippen LogP contribution in [0.15, 0.2) is 18.3 Å². The second-order valence-corrected chi connectivity index (χ2v) is 4.61. The first-order valence-electron chi connectivity index (χ1n) is 4.86. The van der Waals surface area contributed by atoms with Crippen molar-refractivity contribution >= 4 is 23.0 Å². The van der Waals surface area contributed by atoms with E-state index in [4.69, 9.17) is 5.73 Å². The first-order valence-corrected chi connectivity index (χ1v) is 5.67. The maximum Gasteiger partial charge on any atom is 0.270 e. The fraction of sp³-hybridized carbons (Fsp3) is 0.200. The van der Waals surface area contributed by atoms with E-state index in [0.717, 1.165) is 4.88 Å². The van der Waals surface area contributed by atoms with Crippen molar-refractivity contribution in [3.05, 3.63) is 33.8 Å². The van der Waals surface area contributed by atoms with E-state index in [-0.39, 0.29) is 11.5 Å². The van der Waals surface area contributed by atoms with Gasteiger partial charge in [-0.05, 0) is 19.1 Å². The molecular formula is C10H10N4O2S. The molecule has 6 nitrogen and oxygen atoms in total. The van der Waals surface area contributed by atoms with Gasteiger partial charge in [0.2, 0.25) is 0 Å². The third-order valence-corrected chi connectivity index (χ3v) is 3.27. The molecule has 0 unspecified atom stereocenters. The number of primary amides is 1. The minimum absolute atomic E-state index is 0.0347. The molecule has 0 atom stereocenters. The molecule has 2 heterocycles. The summed E-state index contributed by atoms with van der Waals surface area (Å²) < 4.78 is 0. The molecule has 2 aromatic rings. The highest BCUT2D eigenvalue weighted by atomic mass is 32.1. The van der Waals surface area contributed by atoms with Crippen LogP contribution in [-0.2, 0) is 6.54 Å². The Kier molecular flexibility index (Phi) is 3.01. The molecule has 0 radical (unpaired) electrons. The van der Waals surface area contributed by atoms with Crippen molar-refractivity contribution in [2.75, 3.05) is 0 Å². The molecule has 88 valence electrons. The Labute approximate surface area is 101 Å². The van der Waals surface area contributed by atoms with E-state index >= 15 is 0 Å². The van der Waals surface area contributed by atoms with Gasteiger partial charge in [0.05, 0.1) is 17.6 Å². The summed E-state index contributed by atoms with van der Waals surface area (Å²) in [6, 6.07) is 3.61. The summed E-state index contributed by atoms with van der Waals surface area (Å²) in [5.74, 6) is -0.570. The molecule has 7 heteroatoms. The van der Waals surface area contributed by atoms with Crippen LogP contribution in [0.1, 0.15) is 32.0 Å². The van der Waals surface area contributed by atoms with E-state index in [1.807, 2.05) is 6.07 Å². The van der Waals surface area contributed by atoms with Gasteiger partial charge in [-0.2, -0.15) is 9.90 Å². The Bertz CT molecular complexity index is 522. The lowest BCUT2D eigenvalue weighted by molar-refractivity contribution is 0.0992. The molecule has 0 aliphatic heterocycles. The smallest absolute Gasteiger partial charge is 0.270 e. The Morgan fingerprint density at radius 2 is 2.24 bits per heavy atom. The number of nitrogens with two attached hydrogens (primary N) is 1. The van der Waals surface area contributed by atoms with Crippen molar-refractivity contribution in [2.45, 2.75) is 13.5 Å². The van der Waals surface area contributed by atoms with Crippen molar-refractivity contribution in [3.63, 3.8) is 0 Å². The monoisotopic (exact) mass is 250 g/mol. The lowest BCUT2D eigenvalue weighted by atomic mass is 10.3. The van der Waals surface area contributed by atoms with E-state index in [1.54, 1.807) is 6.07 Å². The van der Waals surface area contributed by atoms with Crippen LogP contribution in [0.2, 0.25) is 0 Å². The molecule has 0 fully saturated rings. The first-order chi connectivity index (χ1) is 8.06. The van der Waals surface area contributed by atoms with Gasteiger partial charge in [0.15, 0.2) is 11.5 Å². The van der Waals surface area contributed by atoms with Crippen LogP contribution in [0.25, 0.3) is 0 Å². The second kappa shape index (κ2) is 4.46. The van der Waals surface area contributed by atoms with Crippen LogP contribution in [0.5, 0.6) is 0 Å². The molecule has 0 aliphatic rings. The largest absolute Gasteiger partial charge is 0.364 e. The third kappa shape index (κ3) is 2.56. The number of nitrogens with zero attached hydrogens (tertiary/aromatic N) is 3. The summed E-state index contributed by atoms with van der Waals surface area (Å²) in [5.41, 5.74) is 5.20. The summed E-state index contributed by atoms with van der Waals surface area (Å²) in [4.78, 5) is 25.0. The van der Waals surface area contributed by atoms with Gasteiger partial charge in [-0.15, -0.1) is 16.4 Å². The van der Waals surface area contributed by atoms with Crippen molar-refractivity contribution in [1.29, 1.82) is 0 Å². The summed E-state index contributed by atoms with van der Waals surface area (Å²) in [7, 11) is 0. The molecule has 2 rings (SSSR count). The zero-order valence-electron chi connectivity index (χ0n) is 9.08. The van der Waals surface area contributed by atoms with E-state index < -0.39 is 5.91 Å². The molecule has 17 heavy (non-hydrogen) atoms. The van der Waals surface area contributed by atoms with Gasteiger partial charge < -0.3 is 5.73 Å². The molecule has 1 amide bonds. The molecular weight excluding hydrogens is 240 g/mol. The fourth-order valence-corrected chi connectivity index (χ4v) is 2.16. The lowest BCUT2D eigenvalue weighted by Gasteiger charge is -1.95. The number of hydrogen-bond donors (Lipinski definition) is 1. The molecule has 0 spiro atoms. The average molecular weight is 250 g/mol. The molecule has 2 N–H and O–H groups in total. The maximum absolute atomic E-state index is 11.1. The average Bonchev–Trinajstić information content (AvgIpc) is 2.87. The van der Waals surface area contributed by atoms with Crippen molar-refractivity contribution in [1.82, 2.24) is 15.0 Å². The number of rotatable bonds is 4. The van der Waals surface area contributed by atoms with Crippen LogP contribution in [0.4, 0.5) is 0 Å². The highest BCUT2D eigenvalue weighted by Gasteiger charge is 2.08. The number of amides is 1. The zero-order valence-corrected chi connectivity index (χ0v) is 9.90. The first kappa shape index (κ1) is 11.5. The molecule has 0 saturated carbocycles. The highest BCUT2D eigenvalue weighted by molar-refractivity contribution is 7.14. The molecule has 0 aliphatic carbocycles. The van der Waals surface area contributed by atoms with E-state index in [9.17, 15) is 9.59 Å². The van der Waals surface area contributed by atoms with Gasteiger partial charge in [-0.25, -0.2) is 0 Å². The normalized spacial score (nSPS) is 10.4. The van der Waals surface area contributed by atoms with Gasteiger partial charge in [0, 0.05) is 4.88 Å². The lowest BCUT2D eigenvalue weighted by Crippen LogP contribution is -2.12.